The molecule has 1 heterocycles. The second kappa shape index (κ2) is 5.58. The van der Waals surface area contributed by atoms with E-state index in [0.717, 1.165) is 29.6 Å². The van der Waals surface area contributed by atoms with Crippen LogP contribution in [0.5, 0.6) is 11.5 Å². The van der Waals surface area contributed by atoms with Crippen molar-refractivity contribution < 1.29 is 9.47 Å². The molecule has 96 valence electrons. The molecule has 0 saturated heterocycles. The van der Waals surface area contributed by atoms with Gasteiger partial charge in [0.05, 0.1) is 12.8 Å². The maximum atomic E-state index is 5.76. The van der Waals surface area contributed by atoms with E-state index in [1.54, 1.807) is 7.11 Å². The Morgan fingerprint density at radius 2 is 1.94 bits per heavy atom. The molecule has 0 spiro atoms. The molecule has 0 N–H and O–H groups in total. The zero-order valence-electron chi connectivity index (χ0n) is 11.0. The first-order valence-corrected chi connectivity index (χ1v) is 6.03. The Hall–Kier alpha value is -1.97. The first kappa shape index (κ1) is 12.5. The summed E-state index contributed by atoms with van der Waals surface area (Å²) < 4.78 is 13.1. The summed E-state index contributed by atoms with van der Waals surface area (Å²) in [6, 6.07) is 7.62. The van der Waals surface area contributed by atoms with Crippen molar-refractivity contribution in [2.45, 2.75) is 27.0 Å². The van der Waals surface area contributed by atoms with Gasteiger partial charge in [-0.2, -0.15) is 0 Å². The van der Waals surface area contributed by atoms with Crippen LogP contribution in [0.2, 0.25) is 0 Å². The van der Waals surface area contributed by atoms with Crippen molar-refractivity contribution in [3.8, 4) is 11.5 Å². The third-order valence-electron chi connectivity index (χ3n) is 2.75. The van der Waals surface area contributed by atoms with Gasteiger partial charge < -0.3 is 14.0 Å². The SMILES string of the molecule is CCn1cc(C)nc1COc1ccccc1OC. The predicted molar refractivity (Wildman–Crippen MR) is 70.0 cm³/mol. The van der Waals surface area contributed by atoms with Gasteiger partial charge in [-0.3, -0.25) is 0 Å². The Morgan fingerprint density at radius 1 is 1.22 bits per heavy atom. The van der Waals surface area contributed by atoms with E-state index in [1.807, 2.05) is 37.4 Å². The summed E-state index contributed by atoms with van der Waals surface area (Å²) in [5.41, 5.74) is 1.01. The van der Waals surface area contributed by atoms with Gasteiger partial charge in [0.2, 0.25) is 0 Å². The van der Waals surface area contributed by atoms with Crippen molar-refractivity contribution in [3.63, 3.8) is 0 Å². The molecule has 4 heteroatoms. The number of para-hydroxylation sites is 2. The third-order valence-corrected chi connectivity index (χ3v) is 2.75. The smallest absolute Gasteiger partial charge is 0.161 e. The van der Waals surface area contributed by atoms with Crippen molar-refractivity contribution in [2.75, 3.05) is 7.11 Å². The number of hydrogen-bond donors (Lipinski definition) is 0. The molecule has 4 nitrogen and oxygen atoms in total. The fourth-order valence-corrected chi connectivity index (χ4v) is 1.87. The molecule has 1 aromatic carbocycles. The molecule has 0 aliphatic heterocycles. The minimum absolute atomic E-state index is 0.446. The first-order valence-electron chi connectivity index (χ1n) is 6.03. The van der Waals surface area contributed by atoms with Gasteiger partial charge in [-0.05, 0) is 26.0 Å². The maximum absolute atomic E-state index is 5.76. The molecule has 0 unspecified atom stereocenters. The van der Waals surface area contributed by atoms with Gasteiger partial charge in [-0.1, -0.05) is 12.1 Å². The Bertz CT molecular complexity index is 520. The van der Waals surface area contributed by atoms with Crippen LogP contribution < -0.4 is 9.47 Å². The zero-order chi connectivity index (χ0) is 13.0. The van der Waals surface area contributed by atoms with Gasteiger partial charge in [-0.15, -0.1) is 0 Å². The third kappa shape index (κ3) is 2.64. The lowest BCUT2D eigenvalue weighted by Gasteiger charge is -2.10. The molecule has 0 saturated carbocycles. The number of rotatable bonds is 5. The highest BCUT2D eigenvalue weighted by Gasteiger charge is 2.07. The van der Waals surface area contributed by atoms with Crippen molar-refractivity contribution in [1.29, 1.82) is 0 Å². The Morgan fingerprint density at radius 3 is 2.61 bits per heavy atom. The molecule has 0 radical (unpaired) electrons. The highest BCUT2D eigenvalue weighted by atomic mass is 16.5. The topological polar surface area (TPSA) is 36.3 Å². The van der Waals surface area contributed by atoms with Crippen LogP contribution in [0.15, 0.2) is 30.5 Å². The second-order valence-electron chi connectivity index (χ2n) is 4.02. The minimum atomic E-state index is 0.446. The van der Waals surface area contributed by atoms with Crippen LogP contribution in [0, 0.1) is 6.92 Å². The van der Waals surface area contributed by atoms with Crippen LogP contribution >= 0.6 is 0 Å². The summed E-state index contributed by atoms with van der Waals surface area (Å²) >= 11 is 0. The molecule has 1 aromatic heterocycles. The molecule has 0 aliphatic rings. The number of aromatic nitrogens is 2. The molecule has 0 atom stereocenters. The van der Waals surface area contributed by atoms with Crippen LogP contribution in [0.1, 0.15) is 18.4 Å². The van der Waals surface area contributed by atoms with E-state index in [9.17, 15) is 0 Å². The van der Waals surface area contributed by atoms with Gasteiger partial charge in [0, 0.05) is 12.7 Å². The highest BCUT2D eigenvalue weighted by Crippen LogP contribution is 2.26. The van der Waals surface area contributed by atoms with Crippen LogP contribution in [0.4, 0.5) is 0 Å². The first-order chi connectivity index (χ1) is 8.74. The number of nitrogens with zero attached hydrogens (tertiary/aromatic N) is 2. The average Bonchev–Trinajstić information content (AvgIpc) is 2.77. The van der Waals surface area contributed by atoms with Gasteiger partial charge in [0.15, 0.2) is 11.5 Å². The number of imidazole rings is 1. The quantitative estimate of drug-likeness (QED) is 0.814. The molecule has 18 heavy (non-hydrogen) atoms. The van der Waals surface area contributed by atoms with E-state index >= 15 is 0 Å². The number of methoxy groups -OCH3 is 1. The fourth-order valence-electron chi connectivity index (χ4n) is 1.87. The molecule has 0 bridgehead atoms. The lowest BCUT2D eigenvalue weighted by molar-refractivity contribution is 0.271. The molecule has 0 amide bonds. The molecular formula is C14H18N2O2. The van der Waals surface area contributed by atoms with Gasteiger partial charge in [-0.25, -0.2) is 4.98 Å². The lowest BCUT2D eigenvalue weighted by atomic mass is 10.3. The zero-order valence-corrected chi connectivity index (χ0v) is 11.0. The van der Waals surface area contributed by atoms with Crippen LogP contribution in [0.3, 0.4) is 0 Å². The monoisotopic (exact) mass is 246 g/mol. The summed E-state index contributed by atoms with van der Waals surface area (Å²) in [6.07, 6.45) is 2.03. The molecule has 0 aliphatic carbocycles. The number of benzene rings is 1. The summed E-state index contributed by atoms with van der Waals surface area (Å²) in [6.45, 7) is 5.42. The van der Waals surface area contributed by atoms with E-state index in [2.05, 4.69) is 16.5 Å². The number of aryl methyl sites for hydroxylation is 2. The summed E-state index contributed by atoms with van der Waals surface area (Å²) in [7, 11) is 1.64. The van der Waals surface area contributed by atoms with E-state index in [0.29, 0.717) is 6.61 Å². The summed E-state index contributed by atoms with van der Waals surface area (Å²) in [5.74, 6) is 2.41. The van der Waals surface area contributed by atoms with Crippen molar-refractivity contribution in [1.82, 2.24) is 9.55 Å². The number of ether oxygens (including phenoxy) is 2. The highest BCUT2D eigenvalue weighted by molar-refractivity contribution is 5.39. The summed E-state index contributed by atoms with van der Waals surface area (Å²) in [5, 5.41) is 0. The largest absolute Gasteiger partial charge is 0.493 e. The van der Waals surface area contributed by atoms with Gasteiger partial charge >= 0.3 is 0 Å². The van der Waals surface area contributed by atoms with Crippen molar-refractivity contribution in [3.05, 3.63) is 42.0 Å². The standard InChI is InChI=1S/C14H18N2O2/c1-4-16-9-11(2)15-14(16)10-18-13-8-6-5-7-12(13)17-3/h5-9H,4,10H2,1-3H3. The number of hydrogen-bond acceptors (Lipinski definition) is 3. The summed E-state index contributed by atoms with van der Waals surface area (Å²) in [4.78, 5) is 4.45. The van der Waals surface area contributed by atoms with E-state index < -0.39 is 0 Å². The lowest BCUT2D eigenvalue weighted by Crippen LogP contribution is -2.05. The Kier molecular flexibility index (Phi) is 3.87. The second-order valence-corrected chi connectivity index (χ2v) is 4.02. The van der Waals surface area contributed by atoms with E-state index in [1.165, 1.54) is 0 Å². The maximum Gasteiger partial charge on any atom is 0.161 e. The van der Waals surface area contributed by atoms with E-state index in [-0.39, 0.29) is 0 Å². The van der Waals surface area contributed by atoms with Crippen molar-refractivity contribution in [2.24, 2.45) is 0 Å². The minimum Gasteiger partial charge on any atom is -0.493 e. The molecular weight excluding hydrogens is 228 g/mol. The average molecular weight is 246 g/mol. The van der Waals surface area contributed by atoms with Crippen LogP contribution in [-0.2, 0) is 13.2 Å². The van der Waals surface area contributed by atoms with Crippen LogP contribution in [-0.4, -0.2) is 16.7 Å². The van der Waals surface area contributed by atoms with Gasteiger partial charge in [0.1, 0.15) is 12.4 Å². The molecule has 0 fully saturated rings. The normalized spacial score (nSPS) is 10.4. The fraction of sp³-hybridized carbons (Fsp3) is 0.357. The molecule has 2 aromatic rings. The molecule has 2 rings (SSSR count). The predicted octanol–water partition coefficient (Wildman–Crippen LogP) is 2.80. The van der Waals surface area contributed by atoms with Gasteiger partial charge in [0.25, 0.3) is 0 Å². The van der Waals surface area contributed by atoms with E-state index in [4.69, 9.17) is 9.47 Å². The Balaban J connectivity index is 2.11. The van der Waals surface area contributed by atoms with Crippen molar-refractivity contribution >= 4 is 0 Å². The Labute approximate surface area is 107 Å². The van der Waals surface area contributed by atoms with Crippen LogP contribution in [0.25, 0.3) is 0 Å².